The number of fused-ring (bicyclic) bond motifs is 3. The molecular formula is C20H29N3O2S2. The molecule has 1 aliphatic carbocycles. The minimum absolute atomic E-state index is 0.123. The first-order chi connectivity index (χ1) is 13.0. The molecule has 3 heterocycles. The number of aryl methyl sites for hydroxylation is 1. The van der Waals surface area contributed by atoms with Crippen molar-refractivity contribution in [1.82, 2.24) is 14.5 Å². The molecule has 0 radical (unpaired) electrons. The normalized spacial score (nSPS) is 21.1. The molecule has 0 bridgehead atoms. The van der Waals surface area contributed by atoms with Crippen molar-refractivity contribution >= 4 is 33.3 Å². The number of hydrogen-bond acceptors (Lipinski definition) is 6. The molecule has 2 aliphatic rings. The summed E-state index contributed by atoms with van der Waals surface area (Å²) < 4.78 is 7.34. The minimum atomic E-state index is 0.123. The number of morpholine rings is 1. The first kappa shape index (κ1) is 19.4. The van der Waals surface area contributed by atoms with Gasteiger partial charge in [-0.25, -0.2) is 4.98 Å². The van der Waals surface area contributed by atoms with Crippen LogP contribution in [0.1, 0.15) is 43.7 Å². The number of rotatable bonds is 5. The zero-order valence-electron chi connectivity index (χ0n) is 16.5. The van der Waals surface area contributed by atoms with Crippen LogP contribution in [0.5, 0.6) is 0 Å². The predicted molar refractivity (Wildman–Crippen MR) is 113 cm³/mol. The fourth-order valence-corrected chi connectivity index (χ4v) is 6.58. The van der Waals surface area contributed by atoms with E-state index in [0.29, 0.717) is 5.92 Å². The molecule has 0 spiro atoms. The molecule has 5 nitrogen and oxygen atoms in total. The maximum Gasteiger partial charge on any atom is 0.263 e. The van der Waals surface area contributed by atoms with E-state index in [1.54, 1.807) is 23.1 Å². The van der Waals surface area contributed by atoms with Crippen molar-refractivity contribution in [2.45, 2.75) is 51.2 Å². The van der Waals surface area contributed by atoms with E-state index in [-0.39, 0.29) is 11.6 Å². The van der Waals surface area contributed by atoms with Crippen LogP contribution in [-0.4, -0.2) is 53.1 Å². The van der Waals surface area contributed by atoms with Crippen LogP contribution in [0.15, 0.2) is 9.95 Å². The van der Waals surface area contributed by atoms with Gasteiger partial charge in [-0.3, -0.25) is 14.3 Å². The number of ether oxygens (including phenoxy) is 1. The largest absolute Gasteiger partial charge is 0.379 e. The average Bonchev–Trinajstić information content (AvgIpc) is 2.99. The lowest BCUT2D eigenvalue weighted by Gasteiger charge is -2.26. The summed E-state index contributed by atoms with van der Waals surface area (Å²) in [6.07, 6.45) is 3.29. The Kier molecular flexibility index (Phi) is 5.92. The maximum absolute atomic E-state index is 13.4. The topological polar surface area (TPSA) is 47.4 Å². The Balaban J connectivity index is 1.63. The van der Waals surface area contributed by atoms with Gasteiger partial charge in [-0.1, -0.05) is 18.7 Å². The van der Waals surface area contributed by atoms with E-state index in [4.69, 9.17) is 9.72 Å². The highest BCUT2D eigenvalue weighted by atomic mass is 32.2. The number of thioether (sulfide) groups is 1. The first-order valence-corrected chi connectivity index (χ1v) is 11.8. The van der Waals surface area contributed by atoms with Crippen molar-refractivity contribution in [3.8, 4) is 0 Å². The summed E-state index contributed by atoms with van der Waals surface area (Å²) in [4.78, 5) is 23.1. The third kappa shape index (κ3) is 3.97. The Morgan fingerprint density at radius 2 is 2.11 bits per heavy atom. The van der Waals surface area contributed by atoms with Gasteiger partial charge in [0.15, 0.2) is 5.16 Å². The molecule has 0 amide bonds. The van der Waals surface area contributed by atoms with Gasteiger partial charge in [-0.05, 0) is 44.6 Å². The van der Waals surface area contributed by atoms with E-state index in [2.05, 4.69) is 25.7 Å². The number of aromatic nitrogens is 2. The smallest absolute Gasteiger partial charge is 0.263 e. The SMILES string of the molecule is CC(C)n1c(SCCN2CCOCC2)nc2sc3c(c2c1=O)CC[C@@H](C)C3. The van der Waals surface area contributed by atoms with Gasteiger partial charge in [0, 0.05) is 36.3 Å². The molecule has 0 N–H and O–H groups in total. The summed E-state index contributed by atoms with van der Waals surface area (Å²) in [6.45, 7) is 11.1. The molecule has 1 atom stereocenters. The summed E-state index contributed by atoms with van der Waals surface area (Å²) in [5.74, 6) is 1.66. The molecule has 2 aromatic rings. The van der Waals surface area contributed by atoms with Crippen molar-refractivity contribution in [2.75, 3.05) is 38.6 Å². The zero-order chi connectivity index (χ0) is 19.0. The quantitative estimate of drug-likeness (QED) is 0.560. The van der Waals surface area contributed by atoms with Crippen LogP contribution < -0.4 is 5.56 Å². The third-order valence-electron chi connectivity index (χ3n) is 5.59. The molecule has 148 valence electrons. The lowest BCUT2D eigenvalue weighted by atomic mass is 9.89. The Morgan fingerprint density at radius 3 is 2.85 bits per heavy atom. The average molecular weight is 408 g/mol. The van der Waals surface area contributed by atoms with Crippen molar-refractivity contribution in [1.29, 1.82) is 0 Å². The monoisotopic (exact) mass is 407 g/mol. The zero-order valence-corrected chi connectivity index (χ0v) is 18.1. The molecule has 0 unspecified atom stereocenters. The highest BCUT2D eigenvalue weighted by Gasteiger charge is 2.25. The van der Waals surface area contributed by atoms with Gasteiger partial charge in [0.1, 0.15) is 4.83 Å². The lowest BCUT2D eigenvalue weighted by molar-refractivity contribution is 0.0410. The number of nitrogens with zero attached hydrogens (tertiary/aromatic N) is 3. The summed E-state index contributed by atoms with van der Waals surface area (Å²) in [7, 11) is 0. The van der Waals surface area contributed by atoms with Gasteiger partial charge in [-0.2, -0.15) is 0 Å². The Bertz CT molecular complexity index is 868. The van der Waals surface area contributed by atoms with E-state index in [1.807, 2.05) is 4.57 Å². The molecule has 1 saturated heterocycles. The molecule has 4 rings (SSSR count). The lowest BCUT2D eigenvalue weighted by Crippen LogP contribution is -2.37. The minimum Gasteiger partial charge on any atom is -0.379 e. The molecule has 7 heteroatoms. The van der Waals surface area contributed by atoms with Gasteiger partial charge in [0.05, 0.1) is 18.6 Å². The second kappa shape index (κ2) is 8.23. The van der Waals surface area contributed by atoms with Crippen LogP contribution in [0.25, 0.3) is 10.2 Å². The van der Waals surface area contributed by atoms with Gasteiger partial charge in [-0.15, -0.1) is 11.3 Å². The Hall–Kier alpha value is -0.890. The van der Waals surface area contributed by atoms with Crippen molar-refractivity contribution in [3.63, 3.8) is 0 Å². The Labute approximate surface area is 169 Å². The standard InChI is InChI=1S/C20H29N3O2S2/c1-13(2)23-19(24)17-15-5-4-14(3)12-16(15)27-18(17)21-20(23)26-11-8-22-6-9-25-10-7-22/h13-14H,4-12H2,1-3H3/t14-/m1/s1. The molecule has 1 fully saturated rings. The van der Waals surface area contributed by atoms with Crippen LogP contribution in [0.2, 0.25) is 0 Å². The highest BCUT2D eigenvalue weighted by molar-refractivity contribution is 7.99. The van der Waals surface area contributed by atoms with Gasteiger partial charge in [0.2, 0.25) is 0 Å². The van der Waals surface area contributed by atoms with E-state index in [9.17, 15) is 4.79 Å². The van der Waals surface area contributed by atoms with E-state index in [0.717, 1.165) is 66.8 Å². The summed E-state index contributed by atoms with van der Waals surface area (Å²) >= 11 is 3.47. The fraction of sp³-hybridized carbons (Fsp3) is 0.700. The van der Waals surface area contributed by atoms with Crippen molar-refractivity contribution < 1.29 is 4.74 Å². The van der Waals surface area contributed by atoms with Gasteiger partial charge < -0.3 is 4.74 Å². The molecule has 27 heavy (non-hydrogen) atoms. The number of hydrogen-bond donors (Lipinski definition) is 0. The second-order valence-corrected chi connectivity index (χ2v) is 10.1. The highest BCUT2D eigenvalue weighted by Crippen LogP contribution is 2.36. The van der Waals surface area contributed by atoms with Crippen LogP contribution in [0, 0.1) is 5.92 Å². The van der Waals surface area contributed by atoms with Crippen LogP contribution in [-0.2, 0) is 17.6 Å². The van der Waals surface area contributed by atoms with Crippen molar-refractivity contribution in [3.05, 3.63) is 20.8 Å². The molecule has 2 aromatic heterocycles. The van der Waals surface area contributed by atoms with Crippen LogP contribution >= 0.6 is 23.1 Å². The van der Waals surface area contributed by atoms with E-state index in [1.165, 1.54) is 16.9 Å². The molecule has 1 aliphatic heterocycles. The number of thiophene rings is 1. The molecule has 0 saturated carbocycles. The summed E-state index contributed by atoms with van der Waals surface area (Å²) in [5.41, 5.74) is 1.45. The summed E-state index contributed by atoms with van der Waals surface area (Å²) in [6, 6.07) is 0.123. The predicted octanol–water partition coefficient (Wildman–Crippen LogP) is 3.59. The van der Waals surface area contributed by atoms with E-state index >= 15 is 0 Å². The maximum atomic E-state index is 13.4. The van der Waals surface area contributed by atoms with E-state index < -0.39 is 0 Å². The first-order valence-electron chi connectivity index (χ1n) is 10.0. The molecular weight excluding hydrogens is 378 g/mol. The van der Waals surface area contributed by atoms with Crippen LogP contribution in [0.3, 0.4) is 0 Å². The summed E-state index contributed by atoms with van der Waals surface area (Å²) in [5, 5.41) is 1.77. The van der Waals surface area contributed by atoms with Crippen molar-refractivity contribution in [2.24, 2.45) is 5.92 Å². The fourth-order valence-electron chi connectivity index (χ4n) is 4.03. The molecule has 0 aromatic carbocycles. The second-order valence-electron chi connectivity index (χ2n) is 8.00. The van der Waals surface area contributed by atoms with Crippen LogP contribution in [0.4, 0.5) is 0 Å². The third-order valence-corrected chi connectivity index (χ3v) is 7.67. The Morgan fingerprint density at radius 1 is 1.33 bits per heavy atom. The van der Waals surface area contributed by atoms with Gasteiger partial charge in [0.25, 0.3) is 5.56 Å². The van der Waals surface area contributed by atoms with Gasteiger partial charge >= 0.3 is 0 Å².